The Bertz CT molecular complexity index is 83.3. The highest BCUT2D eigenvalue weighted by Gasteiger charge is 2.06. The molecule has 1 N–H and O–H groups in total. The Morgan fingerprint density at radius 2 is 2.00 bits per heavy atom. The molecule has 0 atom stereocenters. The Balaban J connectivity index is 3.65. The van der Waals surface area contributed by atoms with Crippen LogP contribution in [-0.2, 0) is 0 Å². The van der Waals surface area contributed by atoms with E-state index in [1.807, 2.05) is 0 Å². The summed E-state index contributed by atoms with van der Waals surface area (Å²) in [6.07, 6.45) is 0. The number of carbonyl (C=O) groups excluding carboxylic acids is 1. The summed E-state index contributed by atoms with van der Waals surface area (Å²) in [4.78, 5) is 11.6. The Morgan fingerprint density at radius 1 is 1.62 bits per heavy atom. The summed E-state index contributed by atoms with van der Waals surface area (Å²) < 4.78 is 0.222. The molecule has 0 unspecified atom stereocenters. The quantitative estimate of drug-likeness (QED) is 0.284. The molecule has 0 aliphatic carbocycles. The zero-order valence-electron chi connectivity index (χ0n) is 4.70. The highest BCUT2D eigenvalue weighted by atomic mass is 32.1. The molecule has 0 saturated carbocycles. The van der Waals surface area contributed by atoms with Gasteiger partial charge in [-0.1, -0.05) is 0 Å². The van der Waals surface area contributed by atoms with Crippen LogP contribution in [0.1, 0.15) is 0 Å². The summed E-state index contributed by atoms with van der Waals surface area (Å²) >= 11 is 3.33. The van der Waals surface area contributed by atoms with E-state index in [-0.39, 0.29) is 4.47 Å². The molecular formula is C3H8N2O2S. The third-order valence-electron chi connectivity index (χ3n) is 0.554. The van der Waals surface area contributed by atoms with Crippen molar-refractivity contribution in [1.29, 1.82) is 0 Å². The van der Waals surface area contributed by atoms with Crippen molar-refractivity contribution in [3.8, 4) is 0 Å². The fraction of sp³-hybridized carbons (Fsp3) is 0.667. The van der Waals surface area contributed by atoms with E-state index in [0.29, 0.717) is 0 Å². The van der Waals surface area contributed by atoms with E-state index < -0.39 is 6.03 Å². The average molecular weight is 136 g/mol. The molecule has 8 heavy (non-hydrogen) atoms. The Hall–Kier alpha value is -0.420. The molecule has 0 fully saturated rings. The zero-order valence-corrected chi connectivity index (χ0v) is 5.59. The van der Waals surface area contributed by atoms with Gasteiger partial charge in [0.05, 0.1) is 0 Å². The van der Waals surface area contributed by atoms with Crippen molar-refractivity contribution in [1.82, 2.24) is 9.37 Å². The SMILES string of the molecule is CN(C)C(=O)N(O)S. The molecule has 5 heteroatoms. The van der Waals surface area contributed by atoms with Crippen molar-refractivity contribution in [2.24, 2.45) is 0 Å². The average Bonchev–Trinajstić information content (AvgIpc) is 1.64. The van der Waals surface area contributed by atoms with E-state index in [2.05, 4.69) is 12.8 Å². The first-order valence-electron chi connectivity index (χ1n) is 1.95. The maximum Gasteiger partial charge on any atom is 0.353 e. The van der Waals surface area contributed by atoms with Gasteiger partial charge in [-0.05, 0) is 12.8 Å². The van der Waals surface area contributed by atoms with Crippen molar-refractivity contribution in [2.45, 2.75) is 0 Å². The van der Waals surface area contributed by atoms with Crippen LogP contribution in [0.2, 0.25) is 0 Å². The van der Waals surface area contributed by atoms with Crippen LogP contribution in [0.5, 0.6) is 0 Å². The van der Waals surface area contributed by atoms with Crippen LogP contribution in [0.25, 0.3) is 0 Å². The lowest BCUT2D eigenvalue weighted by atomic mass is 10.9. The molecule has 0 bridgehead atoms. The van der Waals surface area contributed by atoms with E-state index in [1.54, 1.807) is 0 Å². The van der Waals surface area contributed by atoms with Gasteiger partial charge in [0.2, 0.25) is 0 Å². The summed E-state index contributed by atoms with van der Waals surface area (Å²) in [5, 5.41) is 8.30. The minimum Gasteiger partial charge on any atom is -0.328 e. The molecule has 0 aromatic rings. The molecule has 0 aromatic carbocycles. The summed E-state index contributed by atoms with van der Waals surface area (Å²) in [7, 11) is 3.03. The third-order valence-corrected chi connectivity index (χ3v) is 0.725. The van der Waals surface area contributed by atoms with Gasteiger partial charge in [0, 0.05) is 14.1 Å². The molecule has 0 spiro atoms. The Labute approximate surface area is 53.2 Å². The lowest BCUT2D eigenvalue weighted by molar-refractivity contribution is 0.0417. The number of thiol groups is 1. The standard InChI is InChI=1S/C3H8N2O2S/c1-4(2)3(6)5(7)8/h7-8H,1-2H3. The van der Waals surface area contributed by atoms with Crippen molar-refractivity contribution in [3.63, 3.8) is 0 Å². The molecule has 0 aliphatic rings. The second-order valence-electron chi connectivity index (χ2n) is 1.47. The summed E-state index contributed by atoms with van der Waals surface area (Å²) in [5.41, 5.74) is 0. The van der Waals surface area contributed by atoms with Gasteiger partial charge in [-0.25, -0.2) is 4.79 Å². The van der Waals surface area contributed by atoms with Gasteiger partial charge in [0.15, 0.2) is 0 Å². The third kappa shape index (κ3) is 2.04. The number of urea groups is 1. The first-order valence-corrected chi connectivity index (χ1v) is 2.35. The van der Waals surface area contributed by atoms with Crippen molar-refractivity contribution in [2.75, 3.05) is 14.1 Å². The van der Waals surface area contributed by atoms with Gasteiger partial charge in [0.25, 0.3) is 0 Å². The van der Waals surface area contributed by atoms with Crippen LogP contribution in [0.4, 0.5) is 4.79 Å². The molecule has 0 radical (unpaired) electrons. The summed E-state index contributed by atoms with van der Waals surface area (Å²) in [6, 6.07) is -0.562. The van der Waals surface area contributed by atoms with Gasteiger partial charge in [0.1, 0.15) is 0 Å². The van der Waals surface area contributed by atoms with Gasteiger partial charge in [-0.2, -0.15) is 0 Å². The van der Waals surface area contributed by atoms with Gasteiger partial charge < -0.3 is 4.90 Å². The number of nitrogens with zero attached hydrogens (tertiary/aromatic N) is 2. The fourth-order valence-electron chi connectivity index (χ4n) is 0.179. The molecule has 0 heterocycles. The van der Waals surface area contributed by atoms with Crippen LogP contribution < -0.4 is 0 Å². The monoisotopic (exact) mass is 136 g/mol. The highest BCUT2D eigenvalue weighted by molar-refractivity contribution is 7.78. The largest absolute Gasteiger partial charge is 0.353 e. The lowest BCUT2D eigenvalue weighted by Gasteiger charge is -2.12. The van der Waals surface area contributed by atoms with Gasteiger partial charge in [-0.3, -0.25) is 5.21 Å². The maximum absolute atomic E-state index is 10.4. The zero-order chi connectivity index (χ0) is 6.73. The second-order valence-corrected chi connectivity index (χ2v) is 1.85. The minimum absolute atomic E-state index is 0.222. The van der Waals surface area contributed by atoms with E-state index in [9.17, 15) is 4.79 Å². The van der Waals surface area contributed by atoms with Crippen LogP contribution in [0.15, 0.2) is 0 Å². The highest BCUT2D eigenvalue weighted by Crippen LogP contribution is 1.90. The van der Waals surface area contributed by atoms with Gasteiger partial charge in [-0.15, -0.1) is 4.47 Å². The Kier molecular flexibility index (Phi) is 2.64. The fourth-order valence-corrected chi connectivity index (χ4v) is 0.358. The van der Waals surface area contributed by atoms with E-state index in [4.69, 9.17) is 5.21 Å². The smallest absolute Gasteiger partial charge is 0.328 e. The molecule has 0 aliphatic heterocycles. The maximum atomic E-state index is 10.4. The van der Waals surface area contributed by atoms with Gasteiger partial charge >= 0.3 is 6.03 Å². The summed E-state index contributed by atoms with van der Waals surface area (Å²) in [6.45, 7) is 0. The van der Waals surface area contributed by atoms with Crippen LogP contribution in [0, 0.1) is 0 Å². The molecule has 0 aromatic heterocycles. The van der Waals surface area contributed by atoms with Crippen LogP contribution >= 0.6 is 12.8 Å². The first-order chi connectivity index (χ1) is 3.55. The number of carbonyl (C=O) groups is 1. The lowest BCUT2D eigenvalue weighted by Crippen LogP contribution is -2.30. The topological polar surface area (TPSA) is 43.8 Å². The molecular weight excluding hydrogens is 128 g/mol. The molecule has 2 amide bonds. The van der Waals surface area contributed by atoms with Crippen LogP contribution in [0.3, 0.4) is 0 Å². The molecule has 0 rings (SSSR count). The first kappa shape index (κ1) is 7.58. The number of hydroxylamine groups is 1. The van der Waals surface area contributed by atoms with E-state index >= 15 is 0 Å². The molecule has 0 saturated heterocycles. The Morgan fingerprint density at radius 3 is 2.00 bits per heavy atom. The van der Waals surface area contributed by atoms with Crippen molar-refractivity contribution < 1.29 is 10.0 Å². The number of amides is 2. The molecule has 4 nitrogen and oxygen atoms in total. The predicted octanol–water partition coefficient (Wildman–Crippen LogP) is 0.204. The molecule has 48 valence electrons. The van der Waals surface area contributed by atoms with Crippen molar-refractivity contribution in [3.05, 3.63) is 0 Å². The number of hydrogen-bond donors (Lipinski definition) is 2. The number of rotatable bonds is 0. The van der Waals surface area contributed by atoms with Crippen LogP contribution in [-0.4, -0.2) is 34.7 Å². The minimum atomic E-state index is -0.562. The summed E-state index contributed by atoms with van der Waals surface area (Å²) in [5.74, 6) is 0. The normalized spacial score (nSPS) is 8.50. The predicted molar refractivity (Wildman–Crippen MR) is 31.7 cm³/mol. The number of hydrogen-bond acceptors (Lipinski definition) is 3. The van der Waals surface area contributed by atoms with Crippen molar-refractivity contribution >= 4 is 18.8 Å². The van der Waals surface area contributed by atoms with E-state index in [1.165, 1.54) is 19.0 Å². The van der Waals surface area contributed by atoms with E-state index in [0.717, 1.165) is 0 Å². The second kappa shape index (κ2) is 2.78.